The molecule has 2 N–H and O–H groups in total. The number of nitrogens with one attached hydrogen (secondary N) is 1. The van der Waals surface area contributed by atoms with Crippen LogP contribution in [0.1, 0.15) is 95.9 Å². The van der Waals surface area contributed by atoms with Crippen LogP contribution in [0.4, 0.5) is 0 Å². The summed E-state index contributed by atoms with van der Waals surface area (Å²) in [6, 6.07) is 0. The van der Waals surface area contributed by atoms with E-state index in [1.807, 2.05) is 0 Å². The molecule has 5 atom stereocenters. The van der Waals surface area contributed by atoms with Crippen molar-refractivity contribution >= 4 is 45.1 Å². The maximum absolute atomic E-state index is 13.3. The summed E-state index contributed by atoms with van der Waals surface area (Å²) in [4.78, 5) is 24.7. The number of carboxylic acids is 1. The van der Waals surface area contributed by atoms with E-state index in [-0.39, 0.29) is 39.6 Å². The molecule has 0 aromatic rings. The van der Waals surface area contributed by atoms with Crippen LogP contribution >= 0.6 is 0 Å². The van der Waals surface area contributed by atoms with Gasteiger partial charge >= 0.3 is 5.97 Å². The molecule has 0 saturated carbocycles. The Morgan fingerprint density at radius 1 is 0.596 bits per heavy atom. The lowest BCUT2D eigenvalue weighted by atomic mass is 9.98. The van der Waals surface area contributed by atoms with Gasteiger partial charge in [0.05, 0.1) is 13.0 Å². The number of carbonyl (C=O) groups is 2. The zero-order chi connectivity index (χ0) is 37.4. The van der Waals surface area contributed by atoms with Crippen molar-refractivity contribution < 1.29 is 37.1 Å². The first-order chi connectivity index (χ1) is 20.6. The van der Waals surface area contributed by atoms with Gasteiger partial charge in [0.15, 0.2) is 39.5 Å². The van der Waals surface area contributed by atoms with Gasteiger partial charge in [-0.2, -0.15) is 0 Å². The summed E-state index contributed by atoms with van der Waals surface area (Å²) >= 11 is 0. The van der Waals surface area contributed by atoms with Crippen LogP contribution in [-0.4, -0.2) is 87.5 Å². The van der Waals surface area contributed by atoms with E-state index in [1.165, 1.54) is 0 Å². The minimum absolute atomic E-state index is 0.0209. The third-order valence-corrected chi connectivity index (χ3v) is 29.6. The summed E-state index contributed by atoms with van der Waals surface area (Å²) in [7, 11) is -9.51. The number of hydrogen-bond acceptors (Lipinski definition) is 7. The smallest absolute Gasteiger partial charge is 0.303 e. The zero-order valence-electron chi connectivity index (χ0n) is 33.8. The van der Waals surface area contributed by atoms with Gasteiger partial charge < -0.3 is 32.9 Å². The number of aliphatic carboxylic acids is 1. The van der Waals surface area contributed by atoms with E-state index >= 15 is 0 Å². The fourth-order valence-electron chi connectivity index (χ4n) is 4.08. The van der Waals surface area contributed by atoms with Gasteiger partial charge in [-0.05, 0) is 72.5 Å². The van der Waals surface area contributed by atoms with Crippen molar-refractivity contribution in [1.29, 1.82) is 0 Å². The average molecular weight is 736 g/mol. The second-order valence-electron chi connectivity index (χ2n) is 19.7. The van der Waals surface area contributed by atoms with Crippen LogP contribution in [0.25, 0.3) is 0 Å². The van der Waals surface area contributed by atoms with Crippen molar-refractivity contribution in [1.82, 2.24) is 5.32 Å². The molecular weight excluding hydrogens is 663 g/mol. The number of amides is 1. The standard InChI is InChI=1S/C34H73NO8Si4/c1-31(2,3)44(13,14)39-23-24-27(41-45(15,16)32(4,5)6)28(42-46(17,18)33(7,8)9)29(43-47(19,20)34(10,11)12)30(40-24)35-25(36)21-22-26(37)38/h24,27-30H,21-23H2,1-20H3,(H,35,36)(H,37,38)/t24-,27-,28+,29+,30?/m1/s1. The highest BCUT2D eigenvalue weighted by Gasteiger charge is 2.57. The molecule has 13 heteroatoms. The topological polar surface area (TPSA) is 113 Å². The van der Waals surface area contributed by atoms with Crippen molar-refractivity contribution in [3.8, 4) is 0 Å². The Kier molecular flexibility index (Phi) is 14.3. The van der Waals surface area contributed by atoms with E-state index < -0.39 is 75.8 Å². The Bertz CT molecular complexity index is 1070. The Morgan fingerprint density at radius 2 is 0.957 bits per heavy atom. The third-order valence-electron chi connectivity index (χ3n) is 11.6. The van der Waals surface area contributed by atoms with E-state index in [9.17, 15) is 14.7 Å². The Labute approximate surface area is 292 Å². The predicted molar refractivity (Wildman–Crippen MR) is 203 cm³/mol. The van der Waals surface area contributed by atoms with Gasteiger partial charge in [0.1, 0.15) is 24.4 Å². The van der Waals surface area contributed by atoms with Crippen molar-refractivity contribution in [3.05, 3.63) is 0 Å². The number of ether oxygens (including phenoxy) is 1. The minimum atomic E-state index is -2.46. The van der Waals surface area contributed by atoms with Crippen molar-refractivity contribution in [2.75, 3.05) is 6.61 Å². The van der Waals surface area contributed by atoms with Crippen molar-refractivity contribution in [2.24, 2.45) is 0 Å². The molecule has 0 aromatic heterocycles. The van der Waals surface area contributed by atoms with Gasteiger partial charge in [0.2, 0.25) is 5.91 Å². The van der Waals surface area contributed by atoms with Gasteiger partial charge in [-0.15, -0.1) is 0 Å². The quantitative estimate of drug-likeness (QED) is 0.181. The molecule has 47 heavy (non-hydrogen) atoms. The number of carbonyl (C=O) groups excluding carboxylic acids is 1. The molecule has 1 amide bonds. The van der Waals surface area contributed by atoms with Crippen LogP contribution < -0.4 is 5.32 Å². The van der Waals surface area contributed by atoms with E-state index in [2.05, 4.69) is 141 Å². The van der Waals surface area contributed by atoms with E-state index in [1.54, 1.807) is 0 Å². The zero-order valence-corrected chi connectivity index (χ0v) is 37.8. The normalized spacial score (nSPS) is 24.3. The van der Waals surface area contributed by atoms with Crippen LogP contribution in [-0.2, 0) is 32.0 Å². The molecule has 0 radical (unpaired) electrons. The number of carboxylic acid groups (broad SMARTS) is 1. The first kappa shape index (κ1) is 44.6. The Morgan fingerprint density at radius 3 is 1.32 bits per heavy atom. The molecule has 1 heterocycles. The van der Waals surface area contributed by atoms with Gasteiger partial charge in [-0.3, -0.25) is 9.59 Å². The molecule has 0 aliphatic carbocycles. The Balaban J connectivity index is 4.02. The molecule has 1 aliphatic rings. The molecule has 278 valence electrons. The molecule has 0 bridgehead atoms. The molecule has 1 saturated heterocycles. The van der Waals surface area contributed by atoms with E-state index in [0.717, 1.165) is 0 Å². The average Bonchev–Trinajstić information content (AvgIpc) is 2.82. The summed E-state index contributed by atoms with van der Waals surface area (Å²) in [5.74, 6) is -1.43. The monoisotopic (exact) mass is 735 g/mol. The number of rotatable bonds is 13. The summed E-state index contributed by atoms with van der Waals surface area (Å²) in [6.07, 6.45) is -3.64. The molecule has 1 fully saturated rings. The predicted octanol–water partition coefficient (Wildman–Crippen LogP) is 8.89. The first-order valence-corrected chi connectivity index (χ1v) is 29.0. The second kappa shape index (κ2) is 15.1. The molecule has 1 rings (SSSR count). The molecule has 0 aromatic carbocycles. The highest BCUT2D eigenvalue weighted by molar-refractivity contribution is 6.75. The molecule has 1 unspecified atom stereocenters. The van der Waals surface area contributed by atoms with Gasteiger partial charge in [-0.25, -0.2) is 0 Å². The molecule has 1 aliphatic heterocycles. The SMILES string of the molecule is CC(C)(C)[Si](C)(C)OC[C@H]1OC(NC(=O)CCC(=O)O)[C@@H](O[Si](C)(C)C(C)(C)C)[C@@H](O[Si](C)(C)C(C)(C)C)[C@@H]1O[Si](C)(C)C(C)(C)C. The van der Waals surface area contributed by atoms with Gasteiger partial charge in [-0.1, -0.05) is 83.1 Å². The van der Waals surface area contributed by atoms with Gasteiger partial charge in [0, 0.05) is 6.42 Å². The first-order valence-electron chi connectivity index (χ1n) is 17.4. The molecule has 0 spiro atoms. The van der Waals surface area contributed by atoms with Crippen molar-refractivity contribution in [3.63, 3.8) is 0 Å². The van der Waals surface area contributed by atoms with Gasteiger partial charge in [0.25, 0.3) is 0 Å². The maximum atomic E-state index is 13.3. The fourth-order valence-corrected chi connectivity index (χ4v) is 9.01. The summed E-state index contributed by atoms with van der Waals surface area (Å²) in [6.45, 7) is 44.6. The van der Waals surface area contributed by atoms with Crippen LogP contribution in [0.2, 0.25) is 72.5 Å². The third kappa shape index (κ3) is 11.8. The summed E-state index contributed by atoms with van der Waals surface area (Å²) < 4.78 is 35.6. The van der Waals surface area contributed by atoms with Crippen LogP contribution in [0.3, 0.4) is 0 Å². The second-order valence-corrected chi connectivity index (χ2v) is 38.7. The number of hydrogen-bond donors (Lipinski definition) is 2. The summed E-state index contributed by atoms with van der Waals surface area (Å²) in [5.41, 5.74) is 0. The highest BCUT2D eigenvalue weighted by Crippen LogP contribution is 2.46. The maximum Gasteiger partial charge on any atom is 0.303 e. The highest BCUT2D eigenvalue weighted by atomic mass is 28.4. The largest absolute Gasteiger partial charge is 0.481 e. The fraction of sp³-hybridized carbons (Fsp3) is 0.941. The lowest BCUT2D eigenvalue weighted by Gasteiger charge is -2.55. The Hall–Kier alpha value is -0.392. The minimum Gasteiger partial charge on any atom is -0.481 e. The van der Waals surface area contributed by atoms with Crippen LogP contribution in [0.5, 0.6) is 0 Å². The van der Waals surface area contributed by atoms with E-state index in [4.69, 9.17) is 22.4 Å². The summed E-state index contributed by atoms with van der Waals surface area (Å²) in [5, 5.41) is 12.0. The van der Waals surface area contributed by atoms with Crippen LogP contribution in [0.15, 0.2) is 0 Å². The van der Waals surface area contributed by atoms with Crippen LogP contribution in [0, 0.1) is 0 Å². The van der Waals surface area contributed by atoms with Crippen molar-refractivity contribution in [2.45, 2.75) is 199 Å². The molecular formula is C34H73NO8Si4. The lowest BCUT2D eigenvalue weighted by Crippen LogP contribution is -2.70. The lowest BCUT2D eigenvalue weighted by molar-refractivity contribution is -0.223. The molecule has 9 nitrogen and oxygen atoms in total. The van der Waals surface area contributed by atoms with E-state index in [0.29, 0.717) is 0 Å².